The molecule has 4 aliphatic rings. The fourth-order valence-electron chi connectivity index (χ4n) is 11.9. The molecule has 17 nitrogen and oxygen atoms in total. The van der Waals surface area contributed by atoms with Crippen molar-refractivity contribution in [2.75, 3.05) is 37.7 Å². The van der Waals surface area contributed by atoms with Crippen molar-refractivity contribution in [3.63, 3.8) is 0 Å². The minimum absolute atomic E-state index is 0.00393. The number of hydrogen-bond donors (Lipinski definition) is 3. The minimum Gasteiger partial charge on any atom is -0.508 e. The molecule has 19 heteroatoms. The fourth-order valence-corrected chi connectivity index (χ4v) is 12.2. The van der Waals surface area contributed by atoms with Crippen molar-refractivity contribution >= 4 is 51.4 Å². The van der Waals surface area contributed by atoms with Crippen molar-refractivity contribution in [1.29, 1.82) is 0 Å². The van der Waals surface area contributed by atoms with Crippen LogP contribution in [0.2, 0.25) is 5.02 Å². The number of hydrogen-bond acceptors (Lipinski definition) is 14. The number of pyridine rings is 2. The van der Waals surface area contributed by atoms with Gasteiger partial charge in [0, 0.05) is 79.7 Å². The number of nitrogens with one attached hydrogen (secondary N) is 2. The lowest BCUT2D eigenvalue weighted by Gasteiger charge is -2.34. The van der Waals surface area contributed by atoms with Gasteiger partial charge in [0.15, 0.2) is 5.75 Å². The maximum absolute atomic E-state index is 15.6. The number of fused-ring (bicyclic) bond motifs is 4. The Hall–Kier alpha value is -7.80. The number of amides is 2. The number of aryl methyl sites for hydroxylation is 1. The van der Waals surface area contributed by atoms with Crippen LogP contribution in [0.25, 0.3) is 55.4 Å². The van der Waals surface area contributed by atoms with Gasteiger partial charge in [0.1, 0.15) is 53.0 Å². The first-order chi connectivity index (χ1) is 39.8. The molecule has 8 aromatic rings. The number of aromatic hydroxyl groups is 1. The molecule has 82 heavy (non-hydrogen) atoms. The van der Waals surface area contributed by atoms with Crippen LogP contribution >= 0.6 is 11.6 Å². The third-order valence-electron chi connectivity index (χ3n) is 16.3. The molecule has 4 aromatic heterocycles. The van der Waals surface area contributed by atoms with Crippen LogP contribution in [-0.2, 0) is 27.4 Å². The molecule has 426 valence electrons. The van der Waals surface area contributed by atoms with Gasteiger partial charge < -0.3 is 39.8 Å². The molecule has 0 aliphatic carbocycles. The number of benzene rings is 4. The lowest BCUT2D eigenvalue weighted by molar-refractivity contribution is -0.137. The topological polar surface area (TPSA) is 195 Å². The molecule has 5 atom stereocenters. The number of nitrogens with zero attached hydrogens (tertiary/aromatic N) is 9. The molecule has 0 saturated carbocycles. The number of piperazine rings is 1. The summed E-state index contributed by atoms with van der Waals surface area (Å²) in [6, 6.07) is 26.4. The summed E-state index contributed by atoms with van der Waals surface area (Å²) in [5.74, 6) is 0.909. The van der Waals surface area contributed by atoms with Crippen LogP contribution < -0.4 is 25.0 Å². The summed E-state index contributed by atoms with van der Waals surface area (Å²) < 4.78 is 36.4. The minimum atomic E-state index is -0.444. The molecule has 2 bridgehead atoms. The number of likely N-dealkylation sites (tertiary alicyclic amines) is 1. The number of rotatable bonds is 16. The molecule has 12 rings (SSSR count). The normalized spacial score (nSPS) is 18.8. The number of carbonyl (C=O) groups is 2. The average Bonchev–Trinajstić information content (AvgIpc) is 4.35. The van der Waals surface area contributed by atoms with Gasteiger partial charge in [0.2, 0.25) is 12.3 Å². The third kappa shape index (κ3) is 11.9. The van der Waals surface area contributed by atoms with E-state index in [2.05, 4.69) is 37.8 Å². The highest BCUT2D eigenvalue weighted by molar-refractivity contribution is 6.33. The SMILES string of the molecule is CC(NC=O)c1ccc(-c2ncccc2Cl)cc1.CCc1c(F)ccc2cc(O)cc(-c3ncc4c(N5CC6CCC(C5)N6)nc(OC5CCOCC5)nc4c3OCc3ccc(-c4cn(C(C(=O)N5CCCC5C)C(C)C)nn4)cc3)c12. The van der Waals surface area contributed by atoms with Gasteiger partial charge in [-0.2, -0.15) is 9.97 Å². The molecule has 4 aromatic carbocycles. The Balaban J connectivity index is 0.000000334. The van der Waals surface area contributed by atoms with Crippen LogP contribution in [0, 0.1) is 11.7 Å². The first-order valence-electron chi connectivity index (χ1n) is 28.6. The Kier molecular flexibility index (Phi) is 16.9. The zero-order chi connectivity index (χ0) is 57.0. The maximum Gasteiger partial charge on any atom is 0.319 e. The maximum atomic E-state index is 15.6. The molecule has 4 fully saturated rings. The Morgan fingerprint density at radius 1 is 0.939 bits per heavy atom. The van der Waals surface area contributed by atoms with E-state index in [1.54, 1.807) is 41.3 Å². The summed E-state index contributed by atoms with van der Waals surface area (Å²) in [7, 11) is 0. The molecule has 0 spiro atoms. The van der Waals surface area contributed by atoms with Gasteiger partial charge in [-0.3, -0.25) is 19.6 Å². The van der Waals surface area contributed by atoms with Crippen LogP contribution in [0.15, 0.2) is 104 Å². The van der Waals surface area contributed by atoms with E-state index in [1.807, 2.05) is 93.4 Å². The number of anilines is 1. The van der Waals surface area contributed by atoms with Gasteiger partial charge in [-0.1, -0.05) is 92.2 Å². The molecule has 8 heterocycles. The summed E-state index contributed by atoms with van der Waals surface area (Å²) in [6.07, 6.45) is 12.0. The summed E-state index contributed by atoms with van der Waals surface area (Å²) in [5, 5.41) is 29.2. The Morgan fingerprint density at radius 2 is 1.70 bits per heavy atom. The van der Waals surface area contributed by atoms with Crippen LogP contribution in [-0.4, -0.2) is 114 Å². The van der Waals surface area contributed by atoms with E-state index in [-0.39, 0.29) is 54.2 Å². The van der Waals surface area contributed by atoms with Gasteiger partial charge in [-0.15, -0.1) is 5.10 Å². The van der Waals surface area contributed by atoms with Crippen LogP contribution in [0.3, 0.4) is 0 Å². The monoisotopic (exact) mass is 1130 g/mol. The second-order valence-corrected chi connectivity index (χ2v) is 22.6. The zero-order valence-corrected chi connectivity index (χ0v) is 47.7. The van der Waals surface area contributed by atoms with Crippen LogP contribution in [0.5, 0.6) is 17.5 Å². The number of carbonyl (C=O) groups excluding carboxylic acids is 2. The predicted molar refractivity (Wildman–Crippen MR) is 314 cm³/mol. The third-order valence-corrected chi connectivity index (χ3v) is 16.6. The van der Waals surface area contributed by atoms with Gasteiger partial charge >= 0.3 is 6.01 Å². The quantitative estimate of drug-likeness (QED) is 0.0773. The fraction of sp³-hybridized carbons (Fsp3) is 0.397. The number of halogens is 2. The molecule has 0 radical (unpaired) electrons. The van der Waals surface area contributed by atoms with Crippen molar-refractivity contribution in [3.8, 4) is 51.3 Å². The second-order valence-electron chi connectivity index (χ2n) is 22.2. The Labute approximate surface area is 481 Å². The van der Waals surface area contributed by atoms with E-state index < -0.39 is 6.04 Å². The molecular formula is C63H69ClFN11O6. The standard InChI is InChI=1S/C49H56FN9O5.C14H13ClN2O/c1-5-37-40(50)15-12-32-21-35(60)22-38(42(32)37)43-46(44-39(23-51-43)47(57-24-33-13-14-34(25-57)52-33)54-49(53-44)64-36-16-19-62-20-17-36)63-27-30-8-10-31(11-9-30)41-26-59(56-55-41)45(28(2)3)48(61)58-18-6-7-29(58)4;1-10(17-9-18)11-4-6-12(7-5-11)14-13(15)3-2-8-16-14/h8-12,15,21-23,26,28-29,33-34,36,45,52,60H,5-7,13-14,16-20,24-25,27H2,1-4H3;2-10H,1H3,(H,17,18). The van der Waals surface area contributed by atoms with E-state index in [0.29, 0.717) is 93.1 Å². The highest BCUT2D eigenvalue weighted by Crippen LogP contribution is 2.44. The van der Waals surface area contributed by atoms with Gasteiger partial charge in [-0.25, -0.2) is 9.07 Å². The first kappa shape index (κ1) is 56.1. The summed E-state index contributed by atoms with van der Waals surface area (Å²) in [6.45, 7) is 13.7. The summed E-state index contributed by atoms with van der Waals surface area (Å²) in [5.41, 5.74) is 7.13. The van der Waals surface area contributed by atoms with E-state index in [1.165, 1.54) is 6.07 Å². The zero-order valence-electron chi connectivity index (χ0n) is 46.9. The highest BCUT2D eigenvalue weighted by Gasteiger charge is 2.36. The van der Waals surface area contributed by atoms with Crippen molar-refractivity contribution in [2.45, 2.75) is 122 Å². The number of aromatic nitrogens is 7. The van der Waals surface area contributed by atoms with E-state index in [9.17, 15) is 14.7 Å². The lowest BCUT2D eigenvalue weighted by atomic mass is 9.94. The van der Waals surface area contributed by atoms with Gasteiger partial charge in [0.25, 0.3) is 0 Å². The van der Waals surface area contributed by atoms with Crippen LogP contribution in [0.1, 0.15) is 102 Å². The smallest absolute Gasteiger partial charge is 0.319 e. The lowest BCUT2D eigenvalue weighted by Crippen LogP contribution is -2.51. The van der Waals surface area contributed by atoms with Crippen molar-refractivity contribution in [2.24, 2.45) is 5.92 Å². The molecule has 2 amide bonds. The largest absolute Gasteiger partial charge is 0.508 e. The summed E-state index contributed by atoms with van der Waals surface area (Å²) >= 11 is 6.09. The molecule has 5 unspecified atom stereocenters. The molecule has 3 N–H and O–H groups in total. The van der Waals surface area contributed by atoms with E-state index in [0.717, 1.165) is 91.9 Å². The Bertz CT molecular complexity index is 3570. The first-order valence-corrected chi connectivity index (χ1v) is 29.0. The number of ether oxygens (including phenoxy) is 3. The second kappa shape index (κ2) is 24.7. The van der Waals surface area contributed by atoms with Crippen molar-refractivity contribution in [1.82, 2.24) is 50.5 Å². The molecular weight excluding hydrogens is 1060 g/mol. The number of phenols is 1. The predicted octanol–water partition coefficient (Wildman–Crippen LogP) is 11.0. The molecule has 4 aliphatic heterocycles. The van der Waals surface area contributed by atoms with E-state index >= 15 is 4.39 Å². The van der Waals surface area contributed by atoms with Gasteiger partial charge in [0.05, 0.1) is 41.6 Å². The highest BCUT2D eigenvalue weighted by atomic mass is 35.5. The van der Waals surface area contributed by atoms with Gasteiger partial charge in [-0.05, 0) is 110 Å². The number of phenolic OH excluding ortho intramolecular Hbond substituents is 1. The van der Waals surface area contributed by atoms with E-state index in [4.69, 9.17) is 40.8 Å². The average molecular weight is 1130 g/mol. The van der Waals surface area contributed by atoms with Crippen molar-refractivity contribution in [3.05, 3.63) is 131 Å². The van der Waals surface area contributed by atoms with Crippen molar-refractivity contribution < 1.29 is 33.3 Å². The van der Waals surface area contributed by atoms with Crippen LogP contribution in [0.4, 0.5) is 10.2 Å². The molecule has 4 saturated heterocycles. The summed E-state index contributed by atoms with van der Waals surface area (Å²) in [4.78, 5) is 47.9. The Morgan fingerprint density at radius 3 is 2.39 bits per heavy atom.